The number of benzene rings is 1. The first-order chi connectivity index (χ1) is 9.21. The minimum Gasteiger partial charge on any atom is -0.486 e. The Hall–Kier alpha value is -1.26. The molecule has 3 rings (SSSR count). The summed E-state index contributed by atoms with van der Waals surface area (Å²) in [5.74, 6) is 2.30. The van der Waals surface area contributed by atoms with Gasteiger partial charge in [-0.2, -0.15) is 0 Å². The average Bonchev–Trinajstić information content (AvgIpc) is 2.42. The van der Waals surface area contributed by atoms with Gasteiger partial charge in [-0.3, -0.25) is 0 Å². The fourth-order valence-corrected chi connectivity index (χ4v) is 2.78. The highest BCUT2D eigenvalue weighted by molar-refractivity contribution is 5.46. The minimum atomic E-state index is -0.0235. The van der Waals surface area contributed by atoms with Gasteiger partial charge in [-0.15, -0.1) is 0 Å². The maximum absolute atomic E-state index is 6.03. The van der Waals surface area contributed by atoms with E-state index in [1.807, 2.05) is 6.07 Å². The van der Waals surface area contributed by atoms with Crippen molar-refractivity contribution in [1.29, 1.82) is 0 Å². The topological polar surface area (TPSA) is 53.7 Å². The van der Waals surface area contributed by atoms with E-state index in [4.69, 9.17) is 19.9 Å². The summed E-state index contributed by atoms with van der Waals surface area (Å²) in [5.41, 5.74) is 7.23. The molecule has 2 N–H and O–H groups in total. The van der Waals surface area contributed by atoms with Crippen LogP contribution >= 0.6 is 0 Å². The van der Waals surface area contributed by atoms with E-state index >= 15 is 0 Å². The summed E-state index contributed by atoms with van der Waals surface area (Å²) in [7, 11) is 0. The smallest absolute Gasteiger partial charge is 0.161 e. The molecule has 19 heavy (non-hydrogen) atoms. The van der Waals surface area contributed by atoms with E-state index in [2.05, 4.69) is 19.1 Å². The second-order valence-corrected chi connectivity index (χ2v) is 5.73. The lowest BCUT2D eigenvalue weighted by molar-refractivity contribution is -0.0441. The Morgan fingerprint density at radius 1 is 1.21 bits per heavy atom. The summed E-state index contributed by atoms with van der Waals surface area (Å²) < 4.78 is 16.5. The van der Waals surface area contributed by atoms with Crippen molar-refractivity contribution in [2.75, 3.05) is 33.0 Å². The third-order valence-electron chi connectivity index (χ3n) is 4.14. The van der Waals surface area contributed by atoms with Gasteiger partial charge in [-0.25, -0.2) is 0 Å². The van der Waals surface area contributed by atoms with E-state index in [9.17, 15) is 0 Å². The third-order valence-corrected chi connectivity index (χ3v) is 4.14. The first-order valence-electron chi connectivity index (χ1n) is 6.89. The highest BCUT2D eigenvalue weighted by Gasteiger charge is 2.33. The molecule has 2 heterocycles. The van der Waals surface area contributed by atoms with Crippen LogP contribution in [-0.2, 0) is 10.2 Å². The SMILES string of the molecule is CC(CN)(CC1COC1)c1ccc2c(c1)OCCO2. The molecule has 104 valence electrons. The number of hydrogen-bond acceptors (Lipinski definition) is 4. The van der Waals surface area contributed by atoms with E-state index in [1.165, 1.54) is 5.56 Å². The lowest BCUT2D eigenvalue weighted by Crippen LogP contribution is -2.40. The molecule has 0 radical (unpaired) electrons. The number of rotatable bonds is 4. The Morgan fingerprint density at radius 3 is 2.58 bits per heavy atom. The van der Waals surface area contributed by atoms with Gasteiger partial charge in [0.25, 0.3) is 0 Å². The van der Waals surface area contributed by atoms with Gasteiger partial charge in [-0.05, 0) is 24.1 Å². The maximum Gasteiger partial charge on any atom is 0.161 e. The number of fused-ring (bicyclic) bond motifs is 1. The molecular formula is C15H21NO3. The Labute approximate surface area is 113 Å². The fraction of sp³-hybridized carbons (Fsp3) is 0.600. The van der Waals surface area contributed by atoms with Crippen LogP contribution in [0.3, 0.4) is 0 Å². The average molecular weight is 263 g/mol. The first-order valence-corrected chi connectivity index (χ1v) is 6.89. The van der Waals surface area contributed by atoms with Crippen LogP contribution in [0.25, 0.3) is 0 Å². The molecule has 1 atom stereocenters. The molecule has 2 aliphatic heterocycles. The molecule has 0 saturated carbocycles. The van der Waals surface area contributed by atoms with Gasteiger partial charge in [0.2, 0.25) is 0 Å². The molecule has 4 heteroatoms. The summed E-state index contributed by atoms with van der Waals surface area (Å²) in [5, 5.41) is 0. The monoisotopic (exact) mass is 263 g/mol. The molecule has 0 spiro atoms. The van der Waals surface area contributed by atoms with Crippen molar-refractivity contribution in [2.45, 2.75) is 18.8 Å². The largest absolute Gasteiger partial charge is 0.486 e. The van der Waals surface area contributed by atoms with Gasteiger partial charge in [0, 0.05) is 17.9 Å². The molecular weight excluding hydrogens is 242 g/mol. The van der Waals surface area contributed by atoms with E-state index in [0.29, 0.717) is 25.7 Å². The van der Waals surface area contributed by atoms with Crippen molar-refractivity contribution in [1.82, 2.24) is 0 Å². The minimum absolute atomic E-state index is 0.0235. The molecule has 1 fully saturated rings. The predicted molar refractivity (Wildman–Crippen MR) is 72.8 cm³/mol. The van der Waals surface area contributed by atoms with Crippen LogP contribution in [0, 0.1) is 5.92 Å². The molecule has 1 aromatic carbocycles. The van der Waals surface area contributed by atoms with Crippen LogP contribution in [0.4, 0.5) is 0 Å². The Bertz CT molecular complexity index is 459. The second-order valence-electron chi connectivity index (χ2n) is 5.73. The van der Waals surface area contributed by atoms with Crippen LogP contribution in [0.5, 0.6) is 11.5 Å². The van der Waals surface area contributed by atoms with Crippen LogP contribution in [0.2, 0.25) is 0 Å². The fourth-order valence-electron chi connectivity index (χ4n) is 2.78. The highest BCUT2D eigenvalue weighted by atomic mass is 16.6. The molecule has 1 aromatic rings. The van der Waals surface area contributed by atoms with E-state index in [1.54, 1.807) is 0 Å². The summed E-state index contributed by atoms with van der Waals surface area (Å²) in [6, 6.07) is 6.19. The Morgan fingerprint density at radius 2 is 1.95 bits per heavy atom. The van der Waals surface area contributed by atoms with Crippen molar-refractivity contribution in [3.8, 4) is 11.5 Å². The quantitative estimate of drug-likeness (QED) is 0.898. The second kappa shape index (κ2) is 5.02. The first kappa shape index (κ1) is 12.8. The molecule has 1 unspecified atom stereocenters. The zero-order chi connectivity index (χ0) is 13.3. The van der Waals surface area contributed by atoms with Crippen molar-refractivity contribution < 1.29 is 14.2 Å². The van der Waals surface area contributed by atoms with Gasteiger partial charge in [0.1, 0.15) is 13.2 Å². The zero-order valence-corrected chi connectivity index (χ0v) is 11.4. The summed E-state index contributed by atoms with van der Waals surface area (Å²) in [6.45, 7) is 5.81. The zero-order valence-electron chi connectivity index (χ0n) is 11.4. The third kappa shape index (κ3) is 2.42. The maximum atomic E-state index is 6.03. The predicted octanol–water partition coefficient (Wildman–Crippen LogP) is 1.71. The van der Waals surface area contributed by atoms with Crippen molar-refractivity contribution in [3.05, 3.63) is 23.8 Å². The molecule has 1 saturated heterocycles. The Kier molecular flexibility index (Phi) is 3.37. The summed E-state index contributed by atoms with van der Waals surface area (Å²) >= 11 is 0. The van der Waals surface area contributed by atoms with Gasteiger partial charge < -0.3 is 19.9 Å². The molecule has 0 aliphatic carbocycles. The van der Waals surface area contributed by atoms with Crippen molar-refractivity contribution >= 4 is 0 Å². The van der Waals surface area contributed by atoms with Crippen molar-refractivity contribution in [2.24, 2.45) is 11.7 Å². The standard InChI is InChI=1S/C15H21NO3/c1-15(10-16,7-11-8-17-9-11)12-2-3-13-14(6-12)19-5-4-18-13/h2-3,6,11H,4-5,7-10,16H2,1H3. The van der Waals surface area contributed by atoms with Gasteiger partial charge in [-0.1, -0.05) is 13.0 Å². The van der Waals surface area contributed by atoms with Crippen molar-refractivity contribution in [3.63, 3.8) is 0 Å². The summed E-state index contributed by atoms with van der Waals surface area (Å²) in [4.78, 5) is 0. The Balaban J connectivity index is 1.85. The van der Waals surface area contributed by atoms with E-state index in [-0.39, 0.29) is 5.41 Å². The molecule has 4 nitrogen and oxygen atoms in total. The van der Waals surface area contributed by atoms with Gasteiger partial charge >= 0.3 is 0 Å². The van der Waals surface area contributed by atoms with Crippen LogP contribution in [0.1, 0.15) is 18.9 Å². The van der Waals surface area contributed by atoms with E-state index < -0.39 is 0 Å². The van der Waals surface area contributed by atoms with Crippen LogP contribution in [-0.4, -0.2) is 33.0 Å². The summed E-state index contributed by atoms with van der Waals surface area (Å²) in [6.07, 6.45) is 1.06. The number of nitrogens with two attached hydrogens (primary N) is 1. The van der Waals surface area contributed by atoms with Gasteiger partial charge in [0.05, 0.1) is 13.2 Å². The lowest BCUT2D eigenvalue weighted by atomic mass is 9.75. The number of ether oxygens (including phenoxy) is 3. The highest BCUT2D eigenvalue weighted by Crippen LogP contribution is 2.38. The molecule has 0 amide bonds. The molecule has 0 aromatic heterocycles. The van der Waals surface area contributed by atoms with Gasteiger partial charge in [0.15, 0.2) is 11.5 Å². The van der Waals surface area contributed by atoms with Crippen LogP contribution < -0.4 is 15.2 Å². The molecule has 2 aliphatic rings. The lowest BCUT2D eigenvalue weighted by Gasteiger charge is -2.37. The van der Waals surface area contributed by atoms with E-state index in [0.717, 1.165) is 31.1 Å². The normalized spacial score (nSPS) is 21.6. The molecule has 0 bridgehead atoms. The van der Waals surface area contributed by atoms with Crippen LogP contribution in [0.15, 0.2) is 18.2 Å². The number of hydrogen-bond donors (Lipinski definition) is 1.